The lowest BCUT2D eigenvalue weighted by Crippen LogP contribution is -2.07. The molecule has 0 N–H and O–H groups in total. The van der Waals surface area contributed by atoms with Gasteiger partial charge < -0.3 is 4.79 Å². The van der Waals surface area contributed by atoms with Crippen molar-refractivity contribution in [2.24, 2.45) is 0 Å². The second kappa shape index (κ2) is 4.32. The SMILES string of the molecule is [C-]#[N+]C(=O)c1ccc(C(F)(F)F)c(Cl)c1Cl. The predicted octanol–water partition coefficient (Wildman–Crippen LogP) is 4.07. The molecule has 1 amide bonds. The molecule has 16 heavy (non-hydrogen) atoms. The van der Waals surface area contributed by atoms with E-state index in [-0.39, 0.29) is 5.56 Å². The number of rotatable bonds is 1. The highest BCUT2D eigenvalue weighted by molar-refractivity contribution is 6.44. The Morgan fingerprint density at radius 3 is 2.25 bits per heavy atom. The molecule has 0 radical (unpaired) electrons. The Bertz CT molecular complexity index is 491. The molecule has 7 heteroatoms. The van der Waals surface area contributed by atoms with Gasteiger partial charge in [-0.15, -0.1) is 0 Å². The number of hydrogen-bond acceptors (Lipinski definition) is 1. The third kappa shape index (κ3) is 2.29. The van der Waals surface area contributed by atoms with Crippen LogP contribution in [0.25, 0.3) is 4.85 Å². The standard InChI is InChI=1S/C9H2Cl2F3NO/c1-15-8(16)4-2-3-5(9(12,13)14)7(11)6(4)10/h2-3H. The van der Waals surface area contributed by atoms with Crippen molar-refractivity contribution in [3.8, 4) is 0 Å². The first-order chi connectivity index (χ1) is 7.29. The molecule has 0 spiro atoms. The Morgan fingerprint density at radius 2 is 1.81 bits per heavy atom. The molecular formula is C9H2Cl2F3NO. The summed E-state index contributed by atoms with van der Waals surface area (Å²) in [6, 6.07) is 1.45. The van der Waals surface area contributed by atoms with Gasteiger partial charge in [0.2, 0.25) is 0 Å². The summed E-state index contributed by atoms with van der Waals surface area (Å²) < 4.78 is 37.1. The topological polar surface area (TPSA) is 21.4 Å². The second-order valence-corrected chi connectivity index (χ2v) is 3.46. The van der Waals surface area contributed by atoms with Crippen LogP contribution in [-0.4, -0.2) is 5.91 Å². The number of nitrogens with zero attached hydrogens (tertiary/aromatic N) is 1. The molecule has 0 aliphatic rings. The largest absolute Gasteiger partial charge is 0.417 e. The van der Waals surface area contributed by atoms with Gasteiger partial charge in [0.1, 0.15) is 0 Å². The minimum atomic E-state index is -4.65. The van der Waals surface area contributed by atoms with Crippen molar-refractivity contribution in [3.05, 3.63) is 44.7 Å². The van der Waals surface area contributed by atoms with Gasteiger partial charge in [-0.2, -0.15) is 18.0 Å². The quantitative estimate of drug-likeness (QED) is 0.703. The zero-order chi connectivity index (χ0) is 12.5. The summed E-state index contributed by atoms with van der Waals surface area (Å²) in [5.41, 5.74) is -1.48. The average molecular weight is 268 g/mol. The maximum atomic E-state index is 12.4. The van der Waals surface area contributed by atoms with E-state index in [9.17, 15) is 18.0 Å². The molecule has 0 heterocycles. The molecule has 0 aliphatic heterocycles. The number of amides is 1. The van der Waals surface area contributed by atoms with Crippen molar-refractivity contribution in [1.82, 2.24) is 0 Å². The van der Waals surface area contributed by atoms with Crippen molar-refractivity contribution in [3.63, 3.8) is 0 Å². The first-order valence-electron chi connectivity index (χ1n) is 3.76. The maximum Gasteiger partial charge on any atom is 0.417 e. The summed E-state index contributed by atoms with van der Waals surface area (Å²) in [7, 11) is 0. The van der Waals surface area contributed by atoms with Crippen LogP contribution in [0.2, 0.25) is 10.0 Å². The van der Waals surface area contributed by atoms with E-state index in [0.717, 1.165) is 6.07 Å². The van der Waals surface area contributed by atoms with Crippen molar-refractivity contribution < 1.29 is 18.0 Å². The van der Waals surface area contributed by atoms with Crippen LogP contribution in [0.5, 0.6) is 0 Å². The van der Waals surface area contributed by atoms with Gasteiger partial charge in [0, 0.05) is 5.56 Å². The van der Waals surface area contributed by atoms with E-state index < -0.39 is 27.7 Å². The number of carbonyl (C=O) groups is 1. The van der Waals surface area contributed by atoms with Crippen LogP contribution in [0.3, 0.4) is 0 Å². The summed E-state index contributed by atoms with van der Waals surface area (Å²) >= 11 is 10.9. The Kier molecular flexibility index (Phi) is 3.46. The number of carbonyl (C=O) groups excluding carboxylic acids is 1. The maximum absolute atomic E-state index is 12.4. The van der Waals surface area contributed by atoms with E-state index in [1.807, 2.05) is 0 Å². The molecule has 84 valence electrons. The number of benzene rings is 1. The van der Waals surface area contributed by atoms with Crippen molar-refractivity contribution in [1.29, 1.82) is 0 Å². The highest BCUT2D eigenvalue weighted by Gasteiger charge is 2.34. The molecule has 0 saturated heterocycles. The first-order valence-corrected chi connectivity index (χ1v) is 4.51. The fourth-order valence-corrected chi connectivity index (χ4v) is 1.51. The zero-order valence-electron chi connectivity index (χ0n) is 7.40. The van der Waals surface area contributed by atoms with Crippen LogP contribution in [0.4, 0.5) is 13.2 Å². The monoisotopic (exact) mass is 267 g/mol. The van der Waals surface area contributed by atoms with Gasteiger partial charge in [0.25, 0.3) is 0 Å². The van der Waals surface area contributed by atoms with E-state index in [2.05, 4.69) is 4.85 Å². The van der Waals surface area contributed by atoms with E-state index in [1.165, 1.54) is 0 Å². The van der Waals surface area contributed by atoms with E-state index in [4.69, 9.17) is 29.8 Å². The third-order valence-corrected chi connectivity index (χ3v) is 2.60. The lowest BCUT2D eigenvalue weighted by atomic mass is 10.1. The lowest BCUT2D eigenvalue weighted by Gasteiger charge is -2.11. The van der Waals surface area contributed by atoms with Gasteiger partial charge in [0.15, 0.2) is 0 Å². The van der Waals surface area contributed by atoms with Crippen molar-refractivity contribution in [2.45, 2.75) is 6.18 Å². The minimum Gasteiger partial charge on any atom is -0.310 e. The van der Waals surface area contributed by atoms with Gasteiger partial charge in [-0.3, -0.25) is 0 Å². The Hall–Kier alpha value is -1.25. The van der Waals surface area contributed by atoms with E-state index in [1.54, 1.807) is 0 Å². The van der Waals surface area contributed by atoms with Crippen LogP contribution in [0.1, 0.15) is 15.9 Å². The van der Waals surface area contributed by atoms with Crippen LogP contribution in [0.15, 0.2) is 12.1 Å². The van der Waals surface area contributed by atoms with Crippen LogP contribution >= 0.6 is 23.2 Å². The molecule has 0 fully saturated rings. The lowest BCUT2D eigenvalue weighted by molar-refractivity contribution is -0.137. The smallest absolute Gasteiger partial charge is 0.310 e. The summed E-state index contributed by atoms with van der Waals surface area (Å²) in [5, 5.41) is -1.33. The number of halogens is 5. The Labute approximate surface area is 98.4 Å². The molecular weight excluding hydrogens is 266 g/mol. The zero-order valence-corrected chi connectivity index (χ0v) is 8.91. The Balaban J connectivity index is 3.42. The summed E-state index contributed by atoms with van der Waals surface area (Å²) in [4.78, 5) is 13.5. The second-order valence-electron chi connectivity index (χ2n) is 2.70. The van der Waals surface area contributed by atoms with Gasteiger partial charge in [-0.1, -0.05) is 29.3 Å². The molecule has 1 aromatic carbocycles. The van der Waals surface area contributed by atoms with Crippen molar-refractivity contribution in [2.75, 3.05) is 0 Å². The number of hydrogen-bond donors (Lipinski definition) is 0. The molecule has 0 bridgehead atoms. The first kappa shape index (κ1) is 12.8. The van der Waals surface area contributed by atoms with Gasteiger partial charge in [-0.05, 0) is 6.07 Å². The highest BCUT2D eigenvalue weighted by atomic mass is 35.5. The van der Waals surface area contributed by atoms with Gasteiger partial charge in [0.05, 0.1) is 22.2 Å². The molecule has 0 unspecified atom stereocenters. The molecule has 1 rings (SSSR count). The van der Waals surface area contributed by atoms with Gasteiger partial charge in [-0.25, -0.2) is 0 Å². The molecule has 2 nitrogen and oxygen atoms in total. The van der Waals surface area contributed by atoms with Crippen LogP contribution in [0, 0.1) is 6.57 Å². The number of alkyl halides is 3. The molecule has 0 atom stereocenters. The molecule has 1 aromatic rings. The van der Waals surface area contributed by atoms with Crippen LogP contribution < -0.4 is 0 Å². The normalized spacial score (nSPS) is 11.0. The fraction of sp³-hybridized carbons (Fsp3) is 0.111. The van der Waals surface area contributed by atoms with Crippen molar-refractivity contribution >= 4 is 29.1 Å². The summed E-state index contributed by atoms with van der Waals surface area (Å²) in [6.07, 6.45) is -4.65. The fourth-order valence-electron chi connectivity index (χ4n) is 0.994. The predicted molar refractivity (Wildman–Crippen MR) is 52.4 cm³/mol. The molecule has 0 aromatic heterocycles. The third-order valence-electron chi connectivity index (χ3n) is 1.72. The van der Waals surface area contributed by atoms with Crippen LogP contribution in [-0.2, 0) is 6.18 Å². The average Bonchev–Trinajstić information content (AvgIpc) is 2.19. The van der Waals surface area contributed by atoms with E-state index in [0.29, 0.717) is 6.07 Å². The molecule has 0 aliphatic carbocycles. The summed E-state index contributed by atoms with van der Waals surface area (Å²) in [5.74, 6) is -1.05. The van der Waals surface area contributed by atoms with E-state index >= 15 is 0 Å². The highest BCUT2D eigenvalue weighted by Crippen LogP contribution is 2.39. The summed E-state index contributed by atoms with van der Waals surface area (Å²) in [6.45, 7) is 6.44. The molecule has 0 saturated carbocycles. The Morgan fingerprint density at radius 1 is 1.25 bits per heavy atom. The minimum absolute atomic E-state index is 0.338. The van der Waals surface area contributed by atoms with Gasteiger partial charge >= 0.3 is 12.1 Å².